The van der Waals surface area contributed by atoms with Crippen molar-refractivity contribution in [3.63, 3.8) is 0 Å². The fourth-order valence-corrected chi connectivity index (χ4v) is 1.53. The molecular weight excluding hydrogens is 172 g/mol. The molecule has 0 atom stereocenters. The molecule has 1 aliphatic rings. The molecule has 0 aromatic rings. The summed E-state index contributed by atoms with van der Waals surface area (Å²) < 4.78 is 10.9. The number of hydrogen-bond acceptors (Lipinski definition) is 3. The second-order valence-corrected chi connectivity index (χ2v) is 3.56. The van der Waals surface area contributed by atoms with E-state index in [-0.39, 0.29) is 0 Å². The van der Waals surface area contributed by atoms with E-state index in [1.54, 1.807) is 0 Å². The Labute approximate surface area is 80.0 Å². The van der Waals surface area contributed by atoms with E-state index in [0.717, 1.165) is 51.3 Å². The summed E-state index contributed by atoms with van der Waals surface area (Å²) in [5, 5.41) is 0. The molecular formula is C9H18O2S. The predicted octanol–water partition coefficient (Wildman–Crippen LogP) is 1.89. The van der Waals surface area contributed by atoms with Gasteiger partial charge in [0.15, 0.2) is 0 Å². The Morgan fingerprint density at radius 2 is 2.00 bits per heavy atom. The van der Waals surface area contributed by atoms with Gasteiger partial charge in [-0.25, -0.2) is 0 Å². The largest absolute Gasteiger partial charge is 0.381 e. The maximum Gasteiger partial charge on any atom is 0.0619 e. The molecule has 1 rings (SSSR count). The lowest BCUT2D eigenvalue weighted by molar-refractivity contribution is -0.0323. The van der Waals surface area contributed by atoms with Gasteiger partial charge in [-0.3, -0.25) is 0 Å². The van der Waals surface area contributed by atoms with E-state index >= 15 is 0 Å². The van der Waals surface area contributed by atoms with Crippen LogP contribution in [0, 0.1) is 0 Å². The van der Waals surface area contributed by atoms with Crippen molar-refractivity contribution in [3.8, 4) is 0 Å². The zero-order valence-electron chi connectivity index (χ0n) is 7.50. The molecule has 0 aromatic carbocycles. The molecule has 1 saturated heterocycles. The molecule has 1 fully saturated rings. The van der Waals surface area contributed by atoms with Gasteiger partial charge in [-0.15, -0.1) is 0 Å². The Bertz CT molecular complexity index is 103. The molecule has 0 bridgehead atoms. The highest BCUT2D eigenvalue weighted by molar-refractivity contribution is 7.80. The third kappa shape index (κ3) is 4.33. The number of rotatable bonds is 5. The molecule has 0 saturated carbocycles. The average molecular weight is 190 g/mol. The molecule has 0 spiro atoms. The van der Waals surface area contributed by atoms with Crippen LogP contribution in [-0.2, 0) is 9.47 Å². The molecule has 72 valence electrons. The maximum absolute atomic E-state index is 5.67. The van der Waals surface area contributed by atoms with Crippen molar-refractivity contribution in [2.24, 2.45) is 0 Å². The van der Waals surface area contributed by atoms with Gasteiger partial charge in [0, 0.05) is 19.8 Å². The maximum atomic E-state index is 5.67. The predicted molar refractivity (Wildman–Crippen MR) is 52.9 cm³/mol. The van der Waals surface area contributed by atoms with Gasteiger partial charge in [0.1, 0.15) is 0 Å². The van der Waals surface area contributed by atoms with Crippen LogP contribution < -0.4 is 0 Å². The van der Waals surface area contributed by atoms with Crippen LogP contribution in [0.1, 0.15) is 25.7 Å². The molecule has 0 amide bonds. The van der Waals surface area contributed by atoms with E-state index in [0.29, 0.717) is 6.10 Å². The van der Waals surface area contributed by atoms with Gasteiger partial charge >= 0.3 is 0 Å². The highest BCUT2D eigenvalue weighted by Gasteiger charge is 2.12. The first-order valence-corrected chi connectivity index (χ1v) is 5.37. The van der Waals surface area contributed by atoms with E-state index in [2.05, 4.69) is 12.6 Å². The summed E-state index contributed by atoms with van der Waals surface area (Å²) in [4.78, 5) is 0. The van der Waals surface area contributed by atoms with Gasteiger partial charge in [-0.05, 0) is 31.4 Å². The van der Waals surface area contributed by atoms with Gasteiger partial charge in [0.05, 0.1) is 6.10 Å². The van der Waals surface area contributed by atoms with Crippen molar-refractivity contribution in [1.82, 2.24) is 0 Å². The highest BCUT2D eigenvalue weighted by Crippen LogP contribution is 2.10. The lowest BCUT2D eigenvalue weighted by atomic mass is 10.1. The van der Waals surface area contributed by atoms with Crippen molar-refractivity contribution in [2.45, 2.75) is 31.8 Å². The third-order valence-electron chi connectivity index (χ3n) is 2.07. The fraction of sp³-hybridized carbons (Fsp3) is 1.00. The zero-order valence-corrected chi connectivity index (χ0v) is 8.39. The van der Waals surface area contributed by atoms with E-state index in [4.69, 9.17) is 9.47 Å². The summed E-state index contributed by atoms with van der Waals surface area (Å²) >= 11 is 4.15. The number of hydrogen-bond donors (Lipinski definition) is 1. The van der Waals surface area contributed by atoms with E-state index in [1.165, 1.54) is 0 Å². The second kappa shape index (κ2) is 6.75. The summed E-state index contributed by atoms with van der Waals surface area (Å²) in [6, 6.07) is 0. The van der Waals surface area contributed by atoms with Crippen LogP contribution in [-0.4, -0.2) is 31.7 Å². The minimum atomic E-state index is 0.457. The zero-order chi connectivity index (χ0) is 8.65. The van der Waals surface area contributed by atoms with Crippen molar-refractivity contribution < 1.29 is 9.47 Å². The second-order valence-electron chi connectivity index (χ2n) is 3.11. The van der Waals surface area contributed by atoms with Gasteiger partial charge in [0.25, 0.3) is 0 Å². The number of unbranched alkanes of at least 4 members (excludes halogenated alkanes) is 1. The van der Waals surface area contributed by atoms with Gasteiger partial charge in [0.2, 0.25) is 0 Å². The van der Waals surface area contributed by atoms with Crippen LogP contribution in [0.2, 0.25) is 0 Å². The summed E-state index contributed by atoms with van der Waals surface area (Å²) in [7, 11) is 0. The summed E-state index contributed by atoms with van der Waals surface area (Å²) in [6.45, 7) is 2.64. The molecule has 1 aliphatic heterocycles. The first kappa shape index (κ1) is 10.4. The minimum Gasteiger partial charge on any atom is -0.381 e. The molecule has 2 nitrogen and oxygen atoms in total. The topological polar surface area (TPSA) is 18.5 Å². The van der Waals surface area contributed by atoms with Crippen molar-refractivity contribution in [2.75, 3.05) is 25.6 Å². The molecule has 1 heterocycles. The van der Waals surface area contributed by atoms with Crippen LogP contribution >= 0.6 is 12.6 Å². The van der Waals surface area contributed by atoms with E-state index < -0.39 is 0 Å². The lowest BCUT2D eigenvalue weighted by Gasteiger charge is -2.22. The van der Waals surface area contributed by atoms with E-state index in [9.17, 15) is 0 Å². The molecule has 0 aromatic heterocycles. The molecule has 0 radical (unpaired) electrons. The van der Waals surface area contributed by atoms with Crippen molar-refractivity contribution in [3.05, 3.63) is 0 Å². The van der Waals surface area contributed by atoms with Crippen LogP contribution in [0.4, 0.5) is 0 Å². The number of ether oxygens (including phenoxy) is 2. The quantitative estimate of drug-likeness (QED) is 0.527. The minimum absolute atomic E-state index is 0.457. The van der Waals surface area contributed by atoms with E-state index in [1.807, 2.05) is 0 Å². The van der Waals surface area contributed by atoms with Crippen molar-refractivity contribution >= 4 is 12.6 Å². The smallest absolute Gasteiger partial charge is 0.0619 e. The van der Waals surface area contributed by atoms with Gasteiger partial charge in [-0.2, -0.15) is 12.6 Å². The molecule has 0 N–H and O–H groups in total. The summed E-state index contributed by atoms with van der Waals surface area (Å²) in [5.74, 6) is 0.969. The SMILES string of the molecule is SCCCCOC1CCOCC1. The Balaban J connectivity index is 1.91. The fourth-order valence-electron chi connectivity index (χ4n) is 1.31. The van der Waals surface area contributed by atoms with Crippen LogP contribution in [0.5, 0.6) is 0 Å². The summed E-state index contributed by atoms with van der Waals surface area (Å²) in [5.41, 5.74) is 0. The van der Waals surface area contributed by atoms with Crippen molar-refractivity contribution in [1.29, 1.82) is 0 Å². The first-order chi connectivity index (χ1) is 5.93. The normalized spacial score (nSPS) is 19.8. The molecule has 0 unspecified atom stereocenters. The standard InChI is InChI=1S/C9H18O2S/c12-8-2-1-5-11-9-3-6-10-7-4-9/h9,12H,1-8H2. The Kier molecular flexibility index (Phi) is 5.82. The van der Waals surface area contributed by atoms with Crippen LogP contribution in [0.25, 0.3) is 0 Å². The number of thiol groups is 1. The first-order valence-electron chi connectivity index (χ1n) is 4.73. The molecule has 0 aliphatic carbocycles. The van der Waals surface area contributed by atoms with Crippen LogP contribution in [0.15, 0.2) is 0 Å². The third-order valence-corrected chi connectivity index (χ3v) is 2.39. The lowest BCUT2D eigenvalue weighted by Crippen LogP contribution is -2.23. The average Bonchev–Trinajstić information content (AvgIpc) is 2.14. The van der Waals surface area contributed by atoms with Gasteiger partial charge in [-0.1, -0.05) is 0 Å². The highest BCUT2D eigenvalue weighted by atomic mass is 32.1. The Hall–Kier alpha value is 0.270. The monoisotopic (exact) mass is 190 g/mol. The Morgan fingerprint density at radius 3 is 2.67 bits per heavy atom. The van der Waals surface area contributed by atoms with Gasteiger partial charge < -0.3 is 9.47 Å². The Morgan fingerprint density at radius 1 is 1.25 bits per heavy atom. The molecule has 3 heteroatoms. The summed E-state index contributed by atoms with van der Waals surface area (Å²) in [6.07, 6.45) is 4.90. The molecule has 12 heavy (non-hydrogen) atoms. The van der Waals surface area contributed by atoms with Crippen LogP contribution in [0.3, 0.4) is 0 Å².